The van der Waals surface area contributed by atoms with Gasteiger partial charge in [0.1, 0.15) is 4.21 Å². The predicted octanol–water partition coefficient (Wildman–Crippen LogP) is 2.13. The summed E-state index contributed by atoms with van der Waals surface area (Å²) in [5.74, 6) is 0. The first-order chi connectivity index (χ1) is 9.91. The van der Waals surface area contributed by atoms with E-state index in [0.717, 1.165) is 24.2 Å². The van der Waals surface area contributed by atoms with Crippen LogP contribution >= 0.6 is 22.9 Å². The van der Waals surface area contributed by atoms with Crippen molar-refractivity contribution in [2.45, 2.75) is 23.1 Å². The van der Waals surface area contributed by atoms with E-state index in [1.807, 2.05) is 19.0 Å². The molecular weight excluding hydrogens is 332 g/mol. The highest BCUT2D eigenvalue weighted by molar-refractivity contribution is 7.91. The second kappa shape index (κ2) is 7.39. The summed E-state index contributed by atoms with van der Waals surface area (Å²) in [6.45, 7) is 2.40. The van der Waals surface area contributed by atoms with Gasteiger partial charge < -0.3 is 9.64 Å². The summed E-state index contributed by atoms with van der Waals surface area (Å²) in [7, 11) is 0.392. The Labute approximate surface area is 135 Å². The fourth-order valence-corrected chi connectivity index (χ4v) is 5.61. The van der Waals surface area contributed by atoms with Crippen LogP contribution in [0.1, 0.15) is 12.8 Å². The number of halogens is 1. The third-order valence-electron chi connectivity index (χ3n) is 3.48. The van der Waals surface area contributed by atoms with Crippen LogP contribution in [0.3, 0.4) is 0 Å². The first-order valence-electron chi connectivity index (χ1n) is 6.91. The van der Waals surface area contributed by atoms with Gasteiger partial charge in [-0.3, -0.25) is 0 Å². The second-order valence-electron chi connectivity index (χ2n) is 5.32. The van der Waals surface area contributed by atoms with Crippen molar-refractivity contribution >= 4 is 33.0 Å². The molecule has 0 N–H and O–H groups in total. The van der Waals surface area contributed by atoms with E-state index < -0.39 is 10.0 Å². The van der Waals surface area contributed by atoms with Crippen LogP contribution in [-0.4, -0.2) is 64.1 Å². The van der Waals surface area contributed by atoms with Crippen molar-refractivity contribution in [3.8, 4) is 0 Å². The molecule has 1 saturated heterocycles. The Morgan fingerprint density at radius 3 is 2.48 bits per heavy atom. The van der Waals surface area contributed by atoms with Gasteiger partial charge in [-0.1, -0.05) is 11.6 Å². The van der Waals surface area contributed by atoms with Crippen molar-refractivity contribution in [3.05, 3.63) is 16.5 Å². The highest BCUT2D eigenvalue weighted by Gasteiger charge is 2.33. The zero-order valence-corrected chi connectivity index (χ0v) is 14.7. The molecule has 0 saturated carbocycles. The van der Waals surface area contributed by atoms with Gasteiger partial charge in [-0.25, -0.2) is 8.42 Å². The lowest BCUT2D eigenvalue weighted by molar-refractivity contribution is 0.0573. The highest BCUT2D eigenvalue weighted by atomic mass is 35.5. The maximum Gasteiger partial charge on any atom is 0.252 e. The Hall–Kier alpha value is -0.180. The molecule has 1 fully saturated rings. The fourth-order valence-electron chi connectivity index (χ4n) is 2.32. The second-order valence-corrected chi connectivity index (χ2v) is 9.15. The first kappa shape index (κ1) is 17.2. The van der Waals surface area contributed by atoms with Crippen molar-refractivity contribution in [3.63, 3.8) is 0 Å². The van der Waals surface area contributed by atoms with E-state index in [-0.39, 0.29) is 6.04 Å². The molecule has 0 spiro atoms. The van der Waals surface area contributed by atoms with Crippen LogP contribution in [0.2, 0.25) is 4.34 Å². The van der Waals surface area contributed by atoms with Crippen LogP contribution in [0.5, 0.6) is 0 Å². The van der Waals surface area contributed by atoms with E-state index >= 15 is 0 Å². The van der Waals surface area contributed by atoms with Gasteiger partial charge in [0.15, 0.2) is 0 Å². The molecule has 21 heavy (non-hydrogen) atoms. The molecule has 1 aliphatic heterocycles. The van der Waals surface area contributed by atoms with Gasteiger partial charge in [-0.2, -0.15) is 4.31 Å². The van der Waals surface area contributed by atoms with Gasteiger partial charge >= 0.3 is 0 Å². The van der Waals surface area contributed by atoms with Crippen LogP contribution in [-0.2, 0) is 14.8 Å². The molecule has 1 aliphatic rings. The maximum atomic E-state index is 12.9. The molecule has 0 aromatic carbocycles. The molecule has 8 heteroatoms. The molecule has 120 valence electrons. The molecule has 2 heterocycles. The maximum absolute atomic E-state index is 12.9. The van der Waals surface area contributed by atoms with Crippen molar-refractivity contribution in [1.29, 1.82) is 0 Å². The average molecular weight is 353 g/mol. The molecule has 0 aliphatic carbocycles. The van der Waals surface area contributed by atoms with Crippen LogP contribution in [0.4, 0.5) is 0 Å². The molecule has 0 unspecified atom stereocenters. The Bertz CT molecular complexity index is 554. The van der Waals surface area contributed by atoms with Gasteiger partial charge in [0.2, 0.25) is 0 Å². The van der Waals surface area contributed by atoms with Crippen LogP contribution in [0, 0.1) is 0 Å². The standard InChI is InChI=1S/C13H21ClN2O3S2/c1-15(2)7-8-16(11-5-9-19-10-6-11)21(17,18)13-4-3-12(14)20-13/h3-4,11H,5-10H2,1-2H3. The summed E-state index contributed by atoms with van der Waals surface area (Å²) in [6, 6.07) is 3.22. The SMILES string of the molecule is CN(C)CCN(C1CCOCC1)S(=O)(=O)c1ccc(Cl)s1. The van der Waals surface area contributed by atoms with Crippen molar-refractivity contribution < 1.29 is 13.2 Å². The van der Waals surface area contributed by atoms with Crippen LogP contribution < -0.4 is 0 Å². The Kier molecular flexibility index (Phi) is 6.05. The molecule has 1 aromatic rings. The molecule has 1 aromatic heterocycles. The highest BCUT2D eigenvalue weighted by Crippen LogP contribution is 2.30. The van der Waals surface area contributed by atoms with Crippen molar-refractivity contribution in [2.75, 3.05) is 40.4 Å². The van der Waals surface area contributed by atoms with Gasteiger partial charge in [0.05, 0.1) is 4.34 Å². The number of hydrogen-bond donors (Lipinski definition) is 0. The molecule has 2 rings (SSSR count). The summed E-state index contributed by atoms with van der Waals surface area (Å²) in [4.78, 5) is 1.99. The minimum atomic E-state index is -3.49. The lowest BCUT2D eigenvalue weighted by Crippen LogP contribution is -2.45. The number of thiophene rings is 1. The Morgan fingerprint density at radius 2 is 1.95 bits per heavy atom. The third-order valence-corrected chi connectivity index (χ3v) is 7.13. The lowest BCUT2D eigenvalue weighted by Gasteiger charge is -2.33. The number of ether oxygens (including phenoxy) is 1. The van der Waals surface area contributed by atoms with Crippen LogP contribution in [0.15, 0.2) is 16.3 Å². The summed E-state index contributed by atoms with van der Waals surface area (Å²) in [6.07, 6.45) is 1.48. The van der Waals surface area contributed by atoms with Gasteiger partial charge in [-0.05, 0) is 39.1 Å². The number of hydrogen-bond acceptors (Lipinski definition) is 5. The van der Waals surface area contributed by atoms with E-state index in [9.17, 15) is 8.42 Å². The molecule has 0 amide bonds. The van der Waals surface area contributed by atoms with E-state index in [1.165, 1.54) is 0 Å². The summed E-state index contributed by atoms with van der Waals surface area (Å²) < 4.78 is 33.5. The van der Waals surface area contributed by atoms with E-state index in [4.69, 9.17) is 16.3 Å². The summed E-state index contributed by atoms with van der Waals surface area (Å²) in [5.41, 5.74) is 0. The smallest absolute Gasteiger partial charge is 0.252 e. The minimum absolute atomic E-state index is 0.00424. The quantitative estimate of drug-likeness (QED) is 0.787. The third kappa shape index (κ3) is 4.40. The normalized spacial score (nSPS) is 17.8. The summed E-state index contributed by atoms with van der Waals surface area (Å²) >= 11 is 7.00. The van der Waals surface area contributed by atoms with E-state index in [2.05, 4.69) is 0 Å². The molecule has 0 radical (unpaired) electrons. The molecular formula is C13H21ClN2O3S2. The van der Waals surface area contributed by atoms with Gasteiger partial charge in [0, 0.05) is 32.3 Å². The number of nitrogens with zero attached hydrogens (tertiary/aromatic N) is 2. The van der Waals surface area contributed by atoms with Crippen LogP contribution in [0.25, 0.3) is 0 Å². The predicted molar refractivity (Wildman–Crippen MR) is 85.6 cm³/mol. The molecule has 0 atom stereocenters. The van der Waals surface area contributed by atoms with Crippen molar-refractivity contribution in [2.24, 2.45) is 0 Å². The molecule has 5 nitrogen and oxygen atoms in total. The fraction of sp³-hybridized carbons (Fsp3) is 0.692. The Balaban J connectivity index is 2.24. The first-order valence-corrected chi connectivity index (χ1v) is 9.54. The minimum Gasteiger partial charge on any atom is -0.381 e. The average Bonchev–Trinajstić information content (AvgIpc) is 2.87. The molecule has 0 bridgehead atoms. The van der Waals surface area contributed by atoms with Gasteiger partial charge in [-0.15, -0.1) is 11.3 Å². The lowest BCUT2D eigenvalue weighted by atomic mass is 10.1. The summed E-state index contributed by atoms with van der Waals surface area (Å²) in [5, 5.41) is 0. The number of likely N-dealkylation sites (N-methyl/N-ethyl adjacent to an activating group) is 1. The zero-order valence-electron chi connectivity index (χ0n) is 12.3. The van der Waals surface area contributed by atoms with E-state index in [0.29, 0.717) is 34.8 Å². The van der Waals surface area contributed by atoms with Gasteiger partial charge in [0.25, 0.3) is 10.0 Å². The van der Waals surface area contributed by atoms with Crippen molar-refractivity contribution in [1.82, 2.24) is 9.21 Å². The number of sulfonamides is 1. The topological polar surface area (TPSA) is 49.9 Å². The Morgan fingerprint density at radius 1 is 1.29 bits per heavy atom. The monoisotopic (exact) mass is 352 g/mol. The largest absolute Gasteiger partial charge is 0.381 e. The zero-order chi connectivity index (χ0) is 15.5. The van der Waals surface area contributed by atoms with E-state index in [1.54, 1.807) is 16.4 Å². The number of rotatable bonds is 6.